The number of nitrogens with one attached hydrogen (secondary N) is 2. The second-order valence-corrected chi connectivity index (χ2v) is 11.3. The molecule has 0 aromatic carbocycles. The van der Waals surface area contributed by atoms with E-state index in [0.717, 1.165) is 44.9 Å². The van der Waals surface area contributed by atoms with Crippen molar-refractivity contribution in [2.75, 3.05) is 20.7 Å². The molecule has 4 atom stereocenters. The number of rotatable bonds is 23. The maximum absolute atomic E-state index is 13.5. The van der Waals surface area contributed by atoms with Gasteiger partial charge in [0.1, 0.15) is 12.1 Å². The van der Waals surface area contributed by atoms with E-state index < -0.39 is 29.9 Å². The van der Waals surface area contributed by atoms with Crippen LogP contribution in [0.15, 0.2) is 25.3 Å². The third kappa shape index (κ3) is 15.8. The first kappa shape index (κ1) is 37.4. The fourth-order valence-electron chi connectivity index (χ4n) is 4.78. The standard InChI is InChI=1S/C32H57N3O5/c1-9-13-15-16-18-21-25(20-17-14-10-2)29(36)33-27(22-24(5)6)30(37)34-28(32(39)40-12-4)23-26(19-11-3)31(38)35(7)8/h10-11,24-28H,2-3,9,12-23H2,1,4-8H3,(H,33,36)(H,34,37)/t25?,26?,27-,28-/m0/s1. The third-order valence-corrected chi connectivity index (χ3v) is 6.98. The number of hydrogen-bond acceptors (Lipinski definition) is 5. The zero-order chi connectivity index (χ0) is 30.5. The van der Waals surface area contributed by atoms with Gasteiger partial charge in [0, 0.05) is 25.9 Å². The lowest BCUT2D eigenvalue weighted by Crippen LogP contribution is -2.54. The van der Waals surface area contributed by atoms with Crippen LogP contribution in [0.25, 0.3) is 0 Å². The SMILES string of the molecule is C=CCCCC(CCCCCCC)C(=O)N[C@@H](CC(C)C)C(=O)N[C@@H](CC(CC=C)C(=O)N(C)C)C(=O)OCC. The Morgan fingerprint density at radius 2 is 1.43 bits per heavy atom. The van der Waals surface area contributed by atoms with Gasteiger partial charge < -0.3 is 20.3 Å². The van der Waals surface area contributed by atoms with Crippen LogP contribution in [0.3, 0.4) is 0 Å². The maximum atomic E-state index is 13.5. The Hall–Kier alpha value is -2.64. The Kier molecular flexibility index (Phi) is 20.6. The lowest BCUT2D eigenvalue weighted by Gasteiger charge is -2.27. The van der Waals surface area contributed by atoms with Gasteiger partial charge in [0.2, 0.25) is 17.7 Å². The predicted octanol–water partition coefficient (Wildman–Crippen LogP) is 5.57. The van der Waals surface area contributed by atoms with Gasteiger partial charge in [0.05, 0.1) is 6.61 Å². The van der Waals surface area contributed by atoms with Crippen LogP contribution in [-0.2, 0) is 23.9 Å². The van der Waals surface area contributed by atoms with Crippen molar-refractivity contribution >= 4 is 23.7 Å². The molecule has 2 unspecified atom stereocenters. The predicted molar refractivity (Wildman–Crippen MR) is 162 cm³/mol. The summed E-state index contributed by atoms with van der Waals surface area (Å²) in [5.41, 5.74) is 0. The lowest BCUT2D eigenvalue weighted by atomic mass is 9.92. The summed E-state index contributed by atoms with van der Waals surface area (Å²) < 4.78 is 5.23. The smallest absolute Gasteiger partial charge is 0.328 e. The second kappa shape index (κ2) is 22.1. The number of ether oxygens (including phenoxy) is 1. The van der Waals surface area contributed by atoms with Crippen LogP contribution in [0.4, 0.5) is 0 Å². The van der Waals surface area contributed by atoms with E-state index in [1.165, 1.54) is 17.7 Å². The van der Waals surface area contributed by atoms with Gasteiger partial charge in [-0.1, -0.05) is 65.0 Å². The van der Waals surface area contributed by atoms with Gasteiger partial charge in [-0.3, -0.25) is 14.4 Å². The van der Waals surface area contributed by atoms with E-state index in [2.05, 4.69) is 30.7 Å². The molecule has 3 amide bonds. The van der Waals surface area contributed by atoms with Crippen molar-refractivity contribution in [3.8, 4) is 0 Å². The van der Waals surface area contributed by atoms with Crippen molar-refractivity contribution in [3.05, 3.63) is 25.3 Å². The van der Waals surface area contributed by atoms with Crippen molar-refractivity contribution in [1.82, 2.24) is 15.5 Å². The Morgan fingerprint density at radius 1 is 0.800 bits per heavy atom. The van der Waals surface area contributed by atoms with Crippen molar-refractivity contribution < 1.29 is 23.9 Å². The molecular weight excluding hydrogens is 506 g/mol. The van der Waals surface area contributed by atoms with E-state index in [1.54, 1.807) is 27.1 Å². The molecule has 0 rings (SSSR count). The summed E-state index contributed by atoms with van der Waals surface area (Å²) >= 11 is 0. The first-order valence-corrected chi connectivity index (χ1v) is 15.2. The molecule has 0 aliphatic rings. The zero-order valence-corrected chi connectivity index (χ0v) is 26.1. The molecule has 0 saturated carbocycles. The molecule has 8 heteroatoms. The fourth-order valence-corrected chi connectivity index (χ4v) is 4.78. The Bertz CT molecular complexity index is 781. The minimum atomic E-state index is -1.02. The highest BCUT2D eigenvalue weighted by Gasteiger charge is 2.33. The highest BCUT2D eigenvalue weighted by atomic mass is 16.5. The molecule has 0 heterocycles. The first-order chi connectivity index (χ1) is 19.0. The third-order valence-electron chi connectivity index (χ3n) is 6.98. The van der Waals surface area contributed by atoms with Crippen molar-refractivity contribution in [2.45, 2.75) is 117 Å². The first-order valence-electron chi connectivity index (χ1n) is 15.2. The van der Waals surface area contributed by atoms with E-state index in [1.807, 2.05) is 19.9 Å². The maximum Gasteiger partial charge on any atom is 0.328 e. The van der Waals surface area contributed by atoms with Crippen LogP contribution < -0.4 is 10.6 Å². The minimum absolute atomic E-state index is 0.0812. The van der Waals surface area contributed by atoms with Gasteiger partial charge in [-0.25, -0.2) is 4.79 Å². The molecule has 0 bridgehead atoms. The average Bonchev–Trinajstić information content (AvgIpc) is 2.90. The number of amides is 3. The average molecular weight is 564 g/mol. The van der Waals surface area contributed by atoms with Gasteiger partial charge in [-0.2, -0.15) is 0 Å². The van der Waals surface area contributed by atoms with Crippen LogP contribution in [-0.4, -0.2) is 61.4 Å². The summed E-state index contributed by atoms with van der Waals surface area (Å²) in [5, 5.41) is 5.81. The largest absolute Gasteiger partial charge is 0.464 e. The summed E-state index contributed by atoms with van der Waals surface area (Å²) in [7, 11) is 3.31. The van der Waals surface area contributed by atoms with Crippen LogP contribution >= 0.6 is 0 Å². The highest BCUT2D eigenvalue weighted by molar-refractivity contribution is 5.91. The number of nitrogens with zero attached hydrogens (tertiary/aromatic N) is 1. The van der Waals surface area contributed by atoms with Gasteiger partial charge in [0.15, 0.2) is 0 Å². The molecule has 40 heavy (non-hydrogen) atoms. The molecule has 8 nitrogen and oxygen atoms in total. The van der Waals surface area contributed by atoms with E-state index in [0.29, 0.717) is 12.8 Å². The Labute approximate surface area is 243 Å². The van der Waals surface area contributed by atoms with Crippen LogP contribution in [0, 0.1) is 17.8 Å². The highest BCUT2D eigenvalue weighted by Crippen LogP contribution is 2.20. The summed E-state index contributed by atoms with van der Waals surface area (Å²) in [4.78, 5) is 54.0. The molecule has 0 fully saturated rings. The monoisotopic (exact) mass is 563 g/mol. The molecule has 0 radical (unpaired) electrons. The molecule has 0 aliphatic carbocycles. The Morgan fingerprint density at radius 3 is 1.98 bits per heavy atom. The number of allylic oxidation sites excluding steroid dienone is 2. The van der Waals surface area contributed by atoms with Crippen molar-refractivity contribution in [1.29, 1.82) is 0 Å². The van der Waals surface area contributed by atoms with Gasteiger partial charge in [0.25, 0.3) is 0 Å². The van der Waals surface area contributed by atoms with Gasteiger partial charge >= 0.3 is 5.97 Å². The molecule has 0 aromatic rings. The molecule has 0 spiro atoms. The fraction of sp³-hybridized carbons (Fsp3) is 0.750. The number of unbranched alkanes of at least 4 members (excludes halogenated alkanes) is 5. The quantitative estimate of drug-likeness (QED) is 0.0961. The summed E-state index contributed by atoms with van der Waals surface area (Å²) in [6.45, 7) is 15.5. The van der Waals surface area contributed by atoms with Crippen molar-refractivity contribution in [3.63, 3.8) is 0 Å². The van der Waals surface area contributed by atoms with Gasteiger partial charge in [-0.15, -0.1) is 13.2 Å². The van der Waals surface area contributed by atoms with E-state index in [4.69, 9.17) is 4.74 Å². The second-order valence-electron chi connectivity index (χ2n) is 11.3. The molecule has 2 N–H and O–H groups in total. The summed E-state index contributed by atoms with van der Waals surface area (Å²) in [6.07, 6.45) is 13.2. The van der Waals surface area contributed by atoms with Crippen LogP contribution in [0.1, 0.15) is 105 Å². The van der Waals surface area contributed by atoms with Crippen molar-refractivity contribution in [2.24, 2.45) is 17.8 Å². The number of esters is 1. The summed E-state index contributed by atoms with van der Waals surface area (Å²) in [5.74, 6) is -1.91. The molecule has 0 aliphatic heterocycles. The number of carbonyl (C=O) groups excluding carboxylic acids is 4. The molecular formula is C32H57N3O5. The Balaban J connectivity index is 5.75. The lowest BCUT2D eigenvalue weighted by molar-refractivity contribution is -0.148. The van der Waals surface area contributed by atoms with E-state index in [-0.39, 0.29) is 36.7 Å². The normalized spacial score (nSPS) is 14.0. The number of carbonyl (C=O) groups is 4. The molecule has 230 valence electrons. The van der Waals surface area contributed by atoms with E-state index in [9.17, 15) is 19.2 Å². The molecule has 0 saturated heterocycles. The van der Waals surface area contributed by atoms with Gasteiger partial charge in [-0.05, 0) is 57.8 Å². The van der Waals surface area contributed by atoms with Crippen LogP contribution in [0.5, 0.6) is 0 Å². The summed E-state index contributed by atoms with van der Waals surface area (Å²) in [6, 6.07) is -1.82. The topological polar surface area (TPSA) is 105 Å². The molecule has 0 aromatic heterocycles. The zero-order valence-electron chi connectivity index (χ0n) is 26.1. The number of hydrogen-bond donors (Lipinski definition) is 2. The van der Waals surface area contributed by atoms with E-state index >= 15 is 0 Å². The van der Waals surface area contributed by atoms with Crippen LogP contribution in [0.2, 0.25) is 0 Å². The minimum Gasteiger partial charge on any atom is -0.464 e.